The van der Waals surface area contributed by atoms with E-state index < -0.39 is 0 Å². The van der Waals surface area contributed by atoms with Gasteiger partial charge in [0.2, 0.25) is 0 Å². The van der Waals surface area contributed by atoms with Gasteiger partial charge in [-0.05, 0) is 18.4 Å². The van der Waals surface area contributed by atoms with Crippen molar-refractivity contribution in [2.24, 2.45) is 5.41 Å². The molecular weight excluding hydrogens is 158 g/mol. The van der Waals surface area contributed by atoms with Crippen LogP contribution in [-0.4, -0.2) is 6.54 Å². The van der Waals surface area contributed by atoms with Crippen LogP contribution in [0.4, 0.5) is 0 Å². The fourth-order valence-corrected chi connectivity index (χ4v) is 2.71. The number of benzene rings is 1. The molecule has 13 heavy (non-hydrogen) atoms. The second-order valence-electron chi connectivity index (χ2n) is 4.44. The predicted molar refractivity (Wildman–Crippen MR) is 53.5 cm³/mol. The minimum absolute atomic E-state index is 0.654. The summed E-state index contributed by atoms with van der Waals surface area (Å²) >= 11 is 0. The van der Waals surface area contributed by atoms with Gasteiger partial charge in [0, 0.05) is 18.0 Å². The number of rotatable bonds is 1. The van der Waals surface area contributed by atoms with Crippen molar-refractivity contribution in [2.45, 2.75) is 25.3 Å². The van der Waals surface area contributed by atoms with E-state index in [1.165, 1.54) is 31.4 Å². The highest BCUT2D eigenvalue weighted by molar-refractivity contribution is 5.26. The van der Waals surface area contributed by atoms with Gasteiger partial charge < -0.3 is 5.32 Å². The molecule has 1 aliphatic carbocycles. The largest absolute Gasteiger partial charge is 0.309 e. The third-order valence-corrected chi connectivity index (χ3v) is 3.75. The summed E-state index contributed by atoms with van der Waals surface area (Å²) in [5.74, 6) is 0. The minimum atomic E-state index is 0.654. The molecule has 1 heteroatoms. The Labute approximate surface area is 79.2 Å². The molecule has 0 aromatic heterocycles. The molecule has 1 unspecified atom stereocenters. The van der Waals surface area contributed by atoms with E-state index in [2.05, 4.69) is 35.6 Å². The lowest BCUT2D eigenvalue weighted by molar-refractivity contribution is -0.00564. The van der Waals surface area contributed by atoms with Crippen LogP contribution in [0.25, 0.3) is 0 Å². The molecule has 1 N–H and O–H groups in total. The lowest BCUT2D eigenvalue weighted by Crippen LogP contribution is -2.59. The van der Waals surface area contributed by atoms with Gasteiger partial charge in [-0.3, -0.25) is 0 Å². The summed E-state index contributed by atoms with van der Waals surface area (Å²) in [6, 6.07) is 11.5. The van der Waals surface area contributed by atoms with E-state index in [-0.39, 0.29) is 0 Å². The van der Waals surface area contributed by atoms with E-state index >= 15 is 0 Å². The van der Waals surface area contributed by atoms with Crippen molar-refractivity contribution in [1.29, 1.82) is 0 Å². The average molecular weight is 173 g/mol. The van der Waals surface area contributed by atoms with Crippen molar-refractivity contribution in [2.75, 3.05) is 6.54 Å². The molecule has 0 bridgehead atoms. The van der Waals surface area contributed by atoms with Crippen LogP contribution >= 0.6 is 0 Å². The third kappa shape index (κ3) is 0.969. The van der Waals surface area contributed by atoms with E-state index in [0.29, 0.717) is 11.5 Å². The van der Waals surface area contributed by atoms with Gasteiger partial charge in [-0.15, -0.1) is 0 Å². The molecule has 1 saturated heterocycles. The van der Waals surface area contributed by atoms with E-state index in [0.717, 1.165) is 0 Å². The van der Waals surface area contributed by atoms with E-state index in [9.17, 15) is 0 Å². The molecule has 0 amide bonds. The Morgan fingerprint density at radius 1 is 1.15 bits per heavy atom. The van der Waals surface area contributed by atoms with Crippen LogP contribution in [0.15, 0.2) is 30.3 Å². The Morgan fingerprint density at radius 2 is 1.92 bits per heavy atom. The Balaban J connectivity index is 1.87. The second kappa shape index (κ2) is 2.58. The third-order valence-electron chi connectivity index (χ3n) is 3.75. The highest BCUT2D eigenvalue weighted by Crippen LogP contribution is 2.54. The average Bonchev–Trinajstić information content (AvgIpc) is 2.01. The number of hydrogen-bond acceptors (Lipinski definition) is 1. The van der Waals surface area contributed by atoms with Crippen molar-refractivity contribution < 1.29 is 0 Å². The summed E-state index contributed by atoms with van der Waals surface area (Å²) in [5.41, 5.74) is 2.13. The maximum absolute atomic E-state index is 3.55. The van der Waals surface area contributed by atoms with E-state index in [4.69, 9.17) is 0 Å². The predicted octanol–water partition coefficient (Wildman–Crippen LogP) is 2.50. The summed E-state index contributed by atoms with van der Waals surface area (Å²) < 4.78 is 0. The van der Waals surface area contributed by atoms with Crippen LogP contribution in [0.3, 0.4) is 0 Å². The number of nitrogens with one attached hydrogen (secondary N) is 1. The van der Waals surface area contributed by atoms with Gasteiger partial charge in [0.15, 0.2) is 0 Å². The summed E-state index contributed by atoms with van der Waals surface area (Å²) in [7, 11) is 0. The molecule has 1 heterocycles. The summed E-state index contributed by atoms with van der Waals surface area (Å²) in [6.07, 6.45) is 4.30. The van der Waals surface area contributed by atoms with Gasteiger partial charge in [0.1, 0.15) is 0 Å². The van der Waals surface area contributed by atoms with Gasteiger partial charge in [-0.2, -0.15) is 0 Å². The first-order valence-electron chi connectivity index (χ1n) is 5.19. The topological polar surface area (TPSA) is 12.0 Å². The lowest BCUT2D eigenvalue weighted by Gasteiger charge is -2.57. The molecular formula is C12H15N. The zero-order valence-corrected chi connectivity index (χ0v) is 7.79. The summed E-state index contributed by atoms with van der Waals surface area (Å²) in [6.45, 7) is 1.24. The van der Waals surface area contributed by atoms with Crippen molar-refractivity contribution in [3.8, 4) is 0 Å². The van der Waals surface area contributed by atoms with Gasteiger partial charge in [-0.1, -0.05) is 36.8 Å². The Kier molecular flexibility index (Phi) is 1.50. The fraction of sp³-hybridized carbons (Fsp3) is 0.500. The molecule has 68 valence electrons. The molecule has 1 spiro atoms. The van der Waals surface area contributed by atoms with Gasteiger partial charge >= 0.3 is 0 Å². The highest BCUT2D eigenvalue weighted by atomic mass is 15.1. The fourth-order valence-electron chi connectivity index (χ4n) is 2.71. The van der Waals surface area contributed by atoms with E-state index in [1.807, 2.05) is 0 Å². The Bertz CT molecular complexity index is 295. The zero-order valence-electron chi connectivity index (χ0n) is 7.79. The first-order chi connectivity index (χ1) is 6.41. The van der Waals surface area contributed by atoms with Crippen LogP contribution in [0.5, 0.6) is 0 Å². The summed E-state index contributed by atoms with van der Waals surface area (Å²) in [4.78, 5) is 0. The maximum Gasteiger partial charge on any atom is 0.0389 e. The first-order valence-corrected chi connectivity index (χ1v) is 5.19. The molecule has 1 aromatic carbocycles. The second-order valence-corrected chi connectivity index (χ2v) is 4.44. The van der Waals surface area contributed by atoms with Gasteiger partial charge in [0.05, 0.1) is 0 Å². The highest BCUT2D eigenvalue weighted by Gasteiger charge is 2.50. The zero-order chi connectivity index (χ0) is 8.73. The van der Waals surface area contributed by atoms with Crippen LogP contribution < -0.4 is 5.32 Å². The molecule has 1 aliphatic heterocycles. The molecule has 1 saturated carbocycles. The van der Waals surface area contributed by atoms with Gasteiger partial charge in [0.25, 0.3) is 0 Å². The molecule has 1 aromatic rings. The van der Waals surface area contributed by atoms with Crippen molar-refractivity contribution in [1.82, 2.24) is 5.32 Å². The van der Waals surface area contributed by atoms with Crippen LogP contribution in [0.1, 0.15) is 30.9 Å². The minimum Gasteiger partial charge on any atom is -0.309 e. The van der Waals surface area contributed by atoms with Gasteiger partial charge in [-0.25, -0.2) is 0 Å². The lowest BCUT2D eigenvalue weighted by atomic mass is 9.58. The van der Waals surface area contributed by atoms with Crippen molar-refractivity contribution in [3.05, 3.63) is 35.9 Å². The maximum atomic E-state index is 3.55. The smallest absolute Gasteiger partial charge is 0.0389 e. The van der Waals surface area contributed by atoms with E-state index in [1.54, 1.807) is 0 Å². The molecule has 1 nitrogen and oxygen atoms in total. The van der Waals surface area contributed by atoms with Crippen LogP contribution in [0.2, 0.25) is 0 Å². The molecule has 2 fully saturated rings. The molecule has 0 radical (unpaired) electrons. The molecule has 1 atom stereocenters. The SMILES string of the molecule is c1ccc(C2NCC23CCC3)cc1. The molecule has 2 aliphatic rings. The molecule has 3 rings (SSSR count). The number of hydrogen-bond donors (Lipinski definition) is 1. The first kappa shape index (κ1) is 7.57. The summed E-state index contributed by atoms with van der Waals surface area (Å²) in [5, 5.41) is 3.55. The Hall–Kier alpha value is -0.820. The van der Waals surface area contributed by atoms with Crippen molar-refractivity contribution in [3.63, 3.8) is 0 Å². The monoisotopic (exact) mass is 173 g/mol. The van der Waals surface area contributed by atoms with Crippen LogP contribution in [0, 0.1) is 5.41 Å². The van der Waals surface area contributed by atoms with Crippen LogP contribution in [-0.2, 0) is 0 Å². The standard InChI is InChI=1S/C12H15N/c1-2-5-10(6-3-1)11-12(9-13-11)7-4-8-12/h1-3,5-6,11,13H,4,7-9H2. The normalized spacial score (nSPS) is 29.4. The Morgan fingerprint density at radius 3 is 2.38 bits per heavy atom. The quantitative estimate of drug-likeness (QED) is 0.688. The van der Waals surface area contributed by atoms with Crippen molar-refractivity contribution >= 4 is 0 Å².